The SMILES string of the molecule is CCN(CC)C(=O)C(C)n1nc(Br)c(Br)c1Br. The van der Waals surface area contributed by atoms with Gasteiger partial charge in [-0.2, -0.15) is 5.10 Å². The molecule has 1 aromatic heterocycles. The Hall–Kier alpha value is 0.120. The molecule has 0 aliphatic heterocycles. The Kier molecular flexibility index (Phi) is 5.66. The summed E-state index contributed by atoms with van der Waals surface area (Å²) in [6.45, 7) is 7.20. The van der Waals surface area contributed by atoms with Gasteiger partial charge in [0.1, 0.15) is 15.2 Å². The van der Waals surface area contributed by atoms with Crippen LogP contribution in [0.1, 0.15) is 26.8 Å². The van der Waals surface area contributed by atoms with Crippen LogP contribution in [0.4, 0.5) is 0 Å². The molecule has 7 heteroatoms. The topological polar surface area (TPSA) is 38.1 Å². The number of likely N-dealkylation sites (N-methyl/N-ethyl adjacent to an activating group) is 1. The average Bonchev–Trinajstić information content (AvgIpc) is 2.57. The average molecular weight is 432 g/mol. The number of carbonyl (C=O) groups is 1. The van der Waals surface area contributed by atoms with Crippen molar-refractivity contribution < 1.29 is 4.79 Å². The van der Waals surface area contributed by atoms with Gasteiger partial charge in [-0.3, -0.25) is 4.79 Å². The molecule has 0 bridgehead atoms. The van der Waals surface area contributed by atoms with Gasteiger partial charge >= 0.3 is 0 Å². The van der Waals surface area contributed by atoms with Crippen molar-refractivity contribution >= 4 is 53.7 Å². The van der Waals surface area contributed by atoms with Crippen molar-refractivity contribution in [2.45, 2.75) is 26.8 Å². The van der Waals surface area contributed by atoms with Crippen molar-refractivity contribution in [2.75, 3.05) is 13.1 Å². The van der Waals surface area contributed by atoms with Gasteiger partial charge in [-0.05, 0) is 68.6 Å². The van der Waals surface area contributed by atoms with Crippen molar-refractivity contribution in [2.24, 2.45) is 0 Å². The standard InChI is InChI=1S/C10H14Br3N3O/c1-4-15(5-2)10(17)6(3)16-9(13)7(11)8(12)14-16/h6H,4-5H2,1-3H3. The Morgan fingerprint density at radius 2 is 1.88 bits per heavy atom. The quantitative estimate of drug-likeness (QED) is 0.730. The molecule has 0 fully saturated rings. The summed E-state index contributed by atoms with van der Waals surface area (Å²) in [7, 11) is 0. The van der Waals surface area contributed by atoms with Crippen LogP contribution in [0.2, 0.25) is 0 Å². The highest BCUT2D eigenvalue weighted by Crippen LogP contribution is 2.32. The molecular weight excluding hydrogens is 418 g/mol. The normalized spacial score (nSPS) is 12.6. The molecule has 1 amide bonds. The molecule has 0 saturated heterocycles. The third-order valence-corrected chi connectivity index (χ3v) is 5.69. The van der Waals surface area contributed by atoms with Crippen LogP contribution < -0.4 is 0 Å². The Morgan fingerprint density at radius 3 is 2.24 bits per heavy atom. The lowest BCUT2D eigenvalue weighted by molar-refractivity contribution is -0.134. The van der Waals surface area contributed by atoms with Crippen molar-refractivity contribution in [3.63, 3.8) is 0 Å². The molecule has 0 spiro atoms. The second kappa shape index (κ2) is 6.33. The van der Waals surface area contributed by atoms with E-state index in [4.69, 9.17) is 0 Å². The van der Waals surface area contributed by atoms with Gasteiger partial charge in [0.05, 0.1) is 4.47 Å². The van der Waals surface area contributed by atoms with E-state index in [9.17, 15) is 4.79 Å². The minimum absolute atomic E-state index is 0.0678. The Balaban J connectivity index is 3.00. The fourth-order valence-electron chi connectivity index (χ4n) is 1.53. The molecule has 1 aromatic rings. The zero-order chi connectivity index (χ0) is 13.2. The number of aromatic nitrogens is 2. The van der Waals surface area contributed by atoms with Crippen LogP contribution in [-0.4, -0.2) is 33.7 Å². The van der Waals surface area contributed by atoms with Crippen LogP contribution in [0.5, 0.6) is 0 Å². The molecule has 0 aromatic carbocycles. The molecule has 96 valence electrons. The summed E-state index contributed by atoms with van der Waals surface area (Å²) in [5.41, 5.74) is 0. The largest absolute Gasteiger partial charge is 0.341 e. The van der Waals surface area contributed by atoms with Crippen LogP contribution >= 0.6 is 47.8 Å². The Bertz CT molecular complexity index is 415. The first-order valence-electron chi connectivity index (χ1n) is 5.31. The molecule has 0 N–H and O–H groups in total. The summed E-state index contributed by atoms with van der Waals surface area (Å²) in [5, 5.41) is 4.27. The molecule has 4 nitrogen and oxygen atoms in total. The number of rotatable bonds is 4. The third kappa shape index (κ3) is 3.12. The van der Waals surface area contributed by atoms with E-state index in [0.29, 0.717) is 17.7 Å². The number of hydrogen-bond donors (Lipinski definition) is 0. The van der Waals surface area contributed by atoms with Crippen LogP contribution in [0, 0.1) is 0 Å². The maximum absolute atomic E-state index is 12.2. The second-order valence-corrected chi connectivity index (χ2v) is 5.82. The first kappa shape index (κ1) is 15.2. The lowest BCUT2D eigenvalue weighted by atomic mass is 10.3. The zero-order valence-corrected chi connectivity index (χ0v) is 14.6. The summed E-state index contributed by atoms with van der Waals surface area (Å²) < 4.78 is 3.92. The van der Waals surface area contributed by atoms with Crippen molar-refractivity contribution in [3.05, 3.63) is 13.7 Å². The van der Waals surface area contributed by atoms with Gasteiger partial charge in [-0.1, -0.05) is 0 Å². The summed E-state index contributed by atoms with van der Waals surface area (Å²) in [6, 6.07) is -0.327. The van der Waals surface area contributed by atoms with E-state index in [1.165, 1.54) is 0 Å². The van der Waals surface area contributed by atoms with E-state index in [2.05, 4.69) is 52.9 Å². The summed E-state index contributed by atoms with van der Waals surface area (Å²) >= 11 is 10.1. The third-order valence-electron chi connectivity index (χ3n) is 2.56. The first-order valence-corrected chi connectivity index (χ1v) is 7.69. The molecule has 0 saturated carbocycles. The van der Waals surface area contributed by atoms with Crippen LogP contribution in [0.15, 0.2) is 13.7 Å². The number of amides is 1. The summed E-state index contributed by atoms with van der Waals surface area (Å²) in [5.74, 6) is 0.0678. The van der Waals surface area contributed by atoms with Gasteiger partial charge in [-0.15, -0.1) is 0 Å². The fraction of sp³-hybridized carbons (Fsp3) is 0.600. The smallest absolute Gasteiger partial charge is 0.247 e. The zero-order valence-electron chi connectivity index (χ0n) is 9.88. The van der Waals surface area contributed by atoms with Crippen LogP contribution in [-0.2, 0) is 4.79 Å². The number of nitrogens with zero attached hydrogens (tertiary/aromatic N) is 3. The number of hydrogen-bond acceptors (Lipinski definition) is 2. The molecule has 1 unspecified atom stereocenters. The highest BCUT2D eigenvalue weighted by molar-refractivity contribution is 9.14. The Labute approximate surface area is 126 Å². The molecule has 0 aliphatic rings. The predicted molar refractivity (Wildman–Crippen MR) is 78.0 cm³/mol. The van der Waals surface area contributed by atoms with E-state index < -0.39 is 0 Å². The lowest BCUT2D eigenvalue weighted by Gasteiger charge is -2.23. The predicted octanol–water partition coefficient (Wildman–Crippen LogP) is 3.60. The molecule has 0 radical (unpaired) electrons. The van der Waals surface area contributed by atoms with E-state index in [1.807, 2.05) is 20.8 Å². The minimum Gasteiger partial charge on any atom is -0.341 e. The number of carbonyl (C=O) groups excluding carboxylic acids is 1. The van der Waals surface area contributed by atoms with Gasteiger partial charge in [0, 0.05) is 13.1 Å². The Morgan fingerprint density at radius 1 is 1.35 bits per heavy atom. The van der Waals surface area contributed by atoms with E-state index in [-0.39, 0.29) is 11.9 Å². The molecule has 1 atom stereocenters. The molecule has 17 heavy (non-hydrogen) atoms. The van der Waals surface area contributed by atoms with Gasteiger partial charge in [0.2, 0.25) is 5.91 Å². The van der Waals surface area contributed by atoms with Gasteiger partial charge in [0.25, 0.3) is 0 Å². The highest BCUT2D eigenvalue weighted by Gasteiger charge is 2.24. The van der Waals surface area contributed by atoms with Gasteiger partial charge in [-0.25, -0.2) is 4.68 Å². The maximum Gasteiger partial charge on any atom is 0.247 e. The van der Waals surface area contributed by atoms with Crippen molar-refractivity contribution in [3.8, 4) is 0 Å². The fourth-order valence-corrected chi connectivity index (χ4v) is 2.99. The number of halogens is 3. The first-order chi connectivity index (χ1) is 7.93. The van der Waals surface area contributed by atoms with Crippen molar-refractivity contribution in [1.29, 1.82) is 0 Å². The molecule has 1 rings (SSSR count). The van der Waals surface area contributed by atoms with E-state index >= 15 is 0 Å². The van der Waals surface area contributed by atoms with Gasteiger partial charge < -0.3 is 4.90 Å². The molecule has 1 heterocycles. The van der Waals surface area contributed by atoms with Crippen LogP contribution in [0.25, 0.3) is 0 Å². The summed E-state index contributed by atoms with van der Waals surface area (Å²) in [4.78, 5) is 14.0. The summed E-state index contributed by atoms with van der Waals surface area (Å²) in [6.07, 6.45) is 0. The van der Waals surface area contributed by atoms with E-state index in [1.54, 1.807) is 9.58 Å². The molecule has 0 aliphatic carbocycles. The van der Waals surface area contributed by atoms with Gasteiger partial charge in [0.15, 0.2) is 0 Å². The highest BCUT2D eigenvalue weighted by atomic mass is 79.9. The van der Waals surface area contributed by atoms with E-state index in [0.717, 1.165) is 9.08 Å². The minimum atomic E-state index is -0.327. The maximum atomic E-state index is 12.2. The van der Waals surface area contributed by atoms with Crippen molar-refractivity contribution in [1.82, 2.24) is 14.7 Å². The molecular formula is C10H14Br3N3O. The lowest BCUT2D eigenvalue weighted by Crippen LogP contribution is -2.36. The second-order valence-electron chi connectivity index (χ2n) is 3.53. The monoisotopic (exact) mass is 429 g/mol. The van der Waals surface area contributed by atoms with Crippen LogP contribution in [0.3, 0.4) is 0 Å².